The van der Waals surface area contributed by atoms with E-state index in [9.17, 15) is 14.4 Å². The van der Waals surface area contributed by atoms with Crippen LogP contribution < -0.4 is 0 Å². The highest BCUT2D eigenvalue weighted by Gasteiger charge is 2.31. The van der Waals surface area contributed by atoms with Crippen LogP contribution in [0, 0.1) is 20.8 Å². The van der Waals surface area contributed by atoms with E-state index in [4.69, 9.17) is 4.74 Å². The number of Topliss-reactive ketones (excluding diaryl/α,β-unsaturated/α-hetero) is 1. The number of H-pyrrole nitrogens is 1. The van der Waals surface area contributed by atoms with Crippen LogP contribution in [0.4, 0.5) is 0 Å². The lowest BCUT2D eigenvalue weighted by Crippen LogP contribution is -2.43. The molecule has 6 nitrogen and oxygen atoms in total. The summed E-state index contributed by atoms with van der Waals surface area (Å²) in [6.45, 7) is 13.0. The summed E-state index contributed by atoms with van der Waals surface area (Å²) in [5.41, 5.74) is 3.33. The van der Waals surface area contributed by atoms with Crippen LogP contribution >= 0.6 is 0 Å². The fourth-order valence-electron chi connectivity index (χ4n) is 3.30. The SMILES string of the molecule is C=CCN(C(=O)c1ccc(C)cc1)C(C)C(=O)c1c(C)[nH]c(C(=O)OCC)c1C. The summed E-state index contributed by atoms with van der Waals surface area (Å²) >= 11 is 0. The lowest BCUT2D eigenvalue weighted by molar-refractivity contribution is 0.0519. The topological polar surface area (TPSA) is 79.5 Å². The first kappa shape index (κ1) is 22.1. The molecule has 1 unspecified atom stereocenters. The van der Waals surface area contributed by atoms with Gasteiger partial charge in [0.25, 0.3) is 5.91 Å². The standard InChI is InChI=1S/C23H28N2O4/c1-7-13-25(22(27)18-11-9-14(3)10-12-18)17(6)21(26)19-15(4)20(24-16(19)5)23(28)29-8-2/h7,9-12,17,24H,1,8,13H2,2-6H3. The Kier molecular flexibility index (Phi) is 7.15. The first-order valence-corrected chi connectivity index (χ1v) is 9.61. The molecule has 2 aromatic rings. The van der Waals surface area contributed by atoms with E-state index < -0.39 is 12.0 Å². The third-order valence-corrected chi connectivity index (χ3v) is 4.90. The van der Waals surface area contributed by atoms with Crippen molar-refractivity contribution in [3.8, 4) is 0 Å². The predicted molar refractivity (Wildman–Crippen MR) is 112 cm³/mol. The maximum Gasteiger partial charge on any atom is 0.355 e. The van der Waals surface area contributed by atoms with E-state index in [1.165, 1.54) is 4.90 Å². The summed E-state index contributed by atoms with van der Waals surface area (Å²) in [6.07, 6.45) is 1.59. The Balaban J connectivity index is 2.37. The Bertz CT molecular complexity index is 925. The normalized spacial score (nSPS) is 11.6. The number of hydrogen-bond donors (Lipinski definition) is 1. The molecule has 1 N–H and O–H groups in total. The summed E-state index contributed by atoms with van der Waals surface area (Å²) in [5, 5.41) is 0. The van der Waals surface area contributed by atoms with E-state index >= 15 is 0 Å². The molecule has 6 heteroatoms. The molecule has 29 heavy (non-hydrogen) atoms. The largest absolute Gasteiger partial charge is 0.461 e. The number of carbonyl (C=O) groups is 3. The van der Waals surface area contributed by atoms with Gasteiger partial charge < -0.3 is 14.6 Å². The lowest BCUT2D eigenvalue weighted by atomic mass is 9.99. The Morgan fingerprint density at radius 1 is 1.17 bits per heavy atom. The number of benzene rings is 1. The zero-order chi connectivity index (χ0) is 21.7. The van der Waals surface area contributed by atoms with Gasteiger partial charge in [0.15, 0.2) is 5.78 Å². The molecule has 0 bridgehead atoms. The Labute approximate surface area is 171 Å². The van der Waals surface area contributed by atoms with Gasteiger partial charge in [0.2, 0.25) is 0 Å². The van der Waals surface area contributed by atoms with Crippen molar-refractivity contribution >= 4 is 17.7 Å². The molecule has 0 aliphatic carbocycles. The van der Waals surface area contributed by atoms with Crippen LogP contribution in [0.1, 0.15) is 61.9 Å². The van der Waals surface area contributed by atoms with Crippen LogP contribution in [0.2, 0.25) is 0 Å². The van der Waals surface area contributed by atoms with Crippen molar-refractivity contribution in [2.45, 2.75) is 40.7 Å². The van der Waals surface area contributed by atoms with Crippen molar-refractivity contribution in [1.82, 2.24) is 9.88 Å². The zero-order valence-corrected chi connectivity index (χ0v) is 17.7. The average Bonchev–Trinajstić information content (AvgIpc) is 2.99. The van der Waals surface area contributed by atoms with Crippen LogP contribution in [-0.2, 0) is 4.74 Å². The fraction of sp³-hybridized carbons (Fsp3) is 0.348. The fourth-order valence-corrected chi connectivity index (χ4v) is 3.30. The van der Waals surface area contributed by atoms with Gasteiger partial charge in [0.05, 0.1) is 12.6 Å². The molecule has 1 aromatic carbocycles. The second-order valence-corrected chi connectivity index (χ2v) is 7.00. The molecule has 0 radical (unpaired) electrons. The van der Waals surface area contributed by atoms with E-state index in [0.717, 1.165) is 5.56 Å². The molecule has 154 valence electrons. The maximum atomic E-state index is 13.3. The first-order chi connectivity index (χ1) is 13.7. The number of nitrogens with zero attached hydrogens (tertiary/aromatic N) is 1. The van der Waals surface area contributed by atoms with Crippen molar-refractivity contribution in [2.75, 3.05) is 13.2 Å². The van der Waals surface area contributed by atoms with Gasteiger partial charge in [0, 0.05) is 23.4 Å². The highest BCUT2D eigenvalue weighted by molar-refractivity contribution is 6.07. The van der Waals surface area contributed by atoms with Gasteiger partial charge in [-0.3, -0.25) is 9.59 Å². The van der Waals surface area contributed by atoms with Gasteiger partial charge in [0.1, 0.15) is 5.69 Å². The molecule has 0 spiro atoms. The summed E-state index contributed by atoms with van der Waals surface area (Å²) < 4.78 is 5.05. The van der Waals surface area contributed by atoms with Gasteiger partial charge in [-0.2, -0.15) is 0 Å². The molecule has 0 fully saturated rings. The monoisotopic (exact) mass is 396 g/mol. The number of aromatic amines is 1. The van der Waals surface area contributed by atoms with Crippen LogP contribution in [-0.4, -0.2) is 46.7 Å². The minimum atomic E-state index is -0.731. The Hall–Kier alpha value is -3.15. The molecular formula is C23H28N2O4. The number of esters is 1. The molecule has 1 heterocycles. The number of ether oxygens (including phenoxy) is 1. The number of amides is 1. The molecule has 0 saturated carbocycles. The van der Waals surface area contributed by atoms with Gasteiger partial charge in [-0.1, -0.05) is 23.8 Å². The van der Waals surface area contributed by atoms with Crippen LogP contribution in [0.3, 0.4) is 0 Å². The van der Waals surface area contributed by atoms with Gasteiger partial charge in [-0.15, -0.1) is 6.58 Å². The summed E-state index contributed by atoms with van der Waals surface area (Å²) in [4.78, 5) is 42.9. The van der Waals surface area contributed by atoms with E-state index in [-0.39, 0.29) is 30.5 Å². The smallest absolute Gasteiger partial charge is 0.355 e. The molecular weight excluding hydrogens is 368 g/mol. The van der Waals surface area contributed by atoms with Crippen molar-refractivity contribution in [2.24, 2.45) is 0 Å². The number of aromatic nitrogens is 1. The van der Waals surface area contributed by atoms with Crippen LogP contribution in [0.15, 0.2) is 36.9 Å². The van der Waals surface area contributed by atoms with Crippen molar-refractivity contribution in [3.63, 3.8) is 0 Å². The Morgan fingerprint density at radius 2 is 1.79 bits per heavy atom. The van der Waals surface area contributed by atoms with E-state index in [2.05, 4.69) is 11.6 Å². The molecule has 2 rings (SSSR count). The number of nitrogens with one attached hydrogen (secondary N) is 1. The van der Waals surface area contributed by atoms with Crippen molar-refractivity contribution in [3.05, 3.63) is 70.6 Å². The maximum absolute atomic E-state index is 13.3. The van der Waals surface area contributed by atoms with E-state index in [1.54, 1.807) is 45.9 Å². The predicted octanol–water partition coefficient (Wildman–Crippen LogP) is 4.02. The zero-order valence-electron chi connectivity index (χ0n) is 17.7. The molecule has 1 amide bonds. The second kappa shape index (κ2) is 9.37. The molecule has 0 aliphatic heterocycles. The summed E-state index contributed by atoms with van der Waals surface area (Å²) in [7, 11) is 0. The number of hydrogen-bond acceptors (Lipinski definition) is 4. The summed E-state index contributed by atoms with van der Waals surface area (Å²) in [5.74, 6) is -0.991. The second-order valence-electron chi connectivity index (χ2n) is 7.00. The molecule has 1 atom stereocenters. The van der Waals surface area contributed by atoms with Crippen molar-refractivity contribution < 1.29 is 19.1 Å². The lowest BCUT2D eigenvalue weighted by Gasteiger charge is -2.27. The van der Waals surface area contributed by atoms with Crippen molar-refractivity contribution in [1.29, 1.82) is 0 Å². The average molecular weight is 396 g/mol. The Morgan fingerprint density at radius 3 is 2.34 bits per heavy atom. The molecule has 0 aliphatic rings. The quantitative estimate of drug-likeness (QED) is 0.415. The third-order valence-electron chi connectivity index (χ3n) is 4.90. The molecule has 1 aromatic heterocycles. The molecule has 0 saturated heterocycles. The van der Waals surface area contributed by atoms with E-state index in [0.29, 0.717) is 22.4 Å². The number of rotatable bonds is 8. The number of aryl methyl sites for hydroxylation is 2. The van der Waals surface area contributed by atoms with Gasteiger partial charge in [-0.05, 0) is 52.3 Å². The van der Waals surface area contributed by atoms with Crippen LogP contribution in [0.5, 0.6) is 0 Å². The van der Waals surface area contributed by atoms with E-state index in [1.807, 2.05) is 19.1 Å². The highest BCUT2D eigenvalue weighted by Crippen LogP contribution is 2.23. The highest BCUT2D eigenvalue weighted by atomic mass is 16.5. The van der Waals surface area contributed by atoms with Gasteiger partial charge >= 0.3 is 5.97 Å². The minimum Gasteiger partial charge on any atom is -0.461 e. The van der Waals surface area contributed by atoms with Gasteiger partial charge in [-0.25, -0.2) is 4.79 Å². The van der Waals surface area contributed by atoms with Crippen LogP contribution in [0.25, 0.3) is 0 Å². The summed E-state index contributed by atoms with van der Waals surface area (Å²) in [6, 6.07) is 6.48. The third kappa shape index (κ3) is 4.65. The minimum absolute atomic E-state index is 0.229. The first-order valence-electron chi connectivity index (χ1n) is 9.61. The number of carbonyl (C=O) groups excluding carboxylic acids is 3. The number of ketones is 1.